The van der Waals surface area contributed by atoms with Crippen LogP contribution in [0.4, 0.5) is 0 Å². The number of methoxy groups -OCH3 is 1. The van der Waals surface area contributed by atoms with E-state index in [1.54, 1.807) is 40.7 Å². The number of hydrogen-bond acceptors (Lipinski definition) is 14. The predicted molar refractivity (Wildman–Crippen MR) is 168 cm³/mol. The third-order valence-electron chi connectivity index (χ3n) is 15.5. The summed E-state index contributed by atoms with van der Waals surface area (Å²) >= 11 is 0. The Morgan fingerprint density at radius 3 is 2.24 bits per heavy atom. The summed E-state index contributed by atoms with van der Waals surface area (Å²) in [6, 6.07) is 0. The van der Waals surface area contributed by atoms with Crippen molar-refractivity contribution < 1.29 is 67.3 Å². The quantitative estimate of drug-likeness (QED) is 0.302. The van der Waals surface area contributed by atoms with E-state index in [1.165, 1.54) is 13.4 Å². The summed E-state index contributed by atoms with van der Waals surface area (Å²) in [6.45, 7) is 14.1. The summed E-state index contributed by atoms with van der Waals surface area (Å²) < 4.78 is 51.3. The molecule has 0 amide bonds. The normalized spacial score (nSPS) is 57.1. The van der Waals surface area contributed by atoms with Gasteiger partial charge in [-0.25, -0.2) is 0 Å². The van der Waals surface area contributed by atoms with Crippen molar-refractivity contribution in [3.05, 3.63) is 12.3 Å². The molecule has 5 aliphatic carbocycles. The van der Waals surface area contributed by atoms with Crippen LogP contribution in [0.3, 0.4) is 0 Å². The average Bonchev–Trinajstić information content (AvgIpc) is 3.73. The van der Waals surface area contributed by atoms with E-state index < -0.39 is 128 Å². The molecular formula is C37H48O14. The van der Waals surface area contributed by atoms with E-state index >= 15 is 0 Å². The van der Waals surface area contributed by atoms with Gasteiger partial charge in [-0.3, -0.25) is 19.2 Å². The highest BCUT2D eigenvalue weighted by Crippen LogP contribution is 2.91. The summed E-state index contributed by atoms with van der Waals surface area (Å²) in [5.41, 5.74) is -11.8. The lowest BCUT2D eigenvalue weighted by Crippen LogP contribution is -2.94. The highest BCUT2D eigenvalue weighted by atomic mass is 16.9. The first-order valence-corrected chi connectivity index (χ1v) is 18.2. The molecular weight excluding hydrogens is 668 g/mol. The fourth-order valence-electron chi connectivity index (χ4n) is 14.0. The molecule has 0 aromatic heterocycles. The maximum atomic E-state index is 15.0. The van der Waals surface area contributed by atoms with Gasteiger partial charge >= 0.3 is 23.9 Å². The minimum Gasteiger partial charge on any atom is -0.469 e. The van der Waals surface area contributed by atoms with E-state index in [4.69, 9.17) is 37.9 Å². The smallest absolute Gasteiger partial charge is 0.311 e. The number of aliphatic hydroxyl groups excluding tert-OH is 1. The SMILES string of the molecule is COC(=O)C[C@H]1[C@]2(C)C[C@]34OC5(C)O[C@]67[C@@H]8[C@H](C(=O)O[C@@H]6[C@@]3(O)[C@H]2O)[C@]2(C=CO[C@H]2OC(=O)C(C)C)[C@H](OC(=O)C(C)C)[C@]8(C)CC[C@]7(O5)[C@]14C. The second kappa shape index (κ2) is 9.29. The predicted octanol–water partition coefficient (Wildman–Crippen LogP) is 2.26. The zero-order valence-electron chi connectivity index (χ0n) is 30.5. The number of hydrogen-bond donors (Lipinski definition) is 2. The number of carbonyl (C=O) groups excluding carboxylic acids is 4. The van der Waals surface area contributed by atoms with Gasteiger partial charge in [0.25, 0.3) is 12.3 Å². The Bertz CT molecular complexity index is 1710. The molecule has 4 spiro atoms. The molecule has 14 nitrogen and oxygen atoms in total. The van der Waals surface area contributed by atoms with Crippen LogP contribution < -0.4 is 0 Å². The summed E-state index contributed by atoms with van der Waals surface area (Å²) in [6.07, 6.45) is -1.86. The maximum Gasteiger partial charge on any atom is 0.311 e. The molecule has 4 heterocycles. The number of aliphatic hydroxyl groups is 2. The molecule has 9 aliphatic rings. The highest BCUT2D eigenvalue weighted by Gasteiger charge is 3.05. The summed E-state index contributed by atoms with van der Waals surface area (Å²) in [7, 11) is 1.31. The van der Waals surface area contributed by atoms with Crippen molar-refractivity contribution in [3.8, 4) is 0 Å². The van der Waals surface area contributed by atoms with Crippen LogP contribution in [-0.2, 0) is 57.1 Å². The fourth-order valence-corrected chi connectivity index (χ4v) is 14.0. The molecule has 0 aromatic carbocycles. The molecule has 51 heavy (non-hydrogen) atoms. The van der Waals surface area contributed by atoms with E-state index in [1.807, 2.05) is 20.8 Å². The third-order valence-corrected chi connectivity index (χ3v) is 15.5. The molecule has 4 aliphatic heterocycles. The molecule has 3 saturated heterocycles. The minimum absolute atomic E-state index is 0.0994. The molecule has 0 radical (unpaired) electrons. The highest BCUT2D eigenvalue weighted by molar-refractivity contribution is 5.81. The molecule has 8 fully saturated rings. The number of rotatable bonds is 6. The molecule has 5 saturated carbocycles. The van der Waals surface area contributed by atoms with Gasteiger partial charge in [-0.2, -0.15) is 0 Å². The van der Waals surface area contributed by atoms with Gasteiger partial charge in [0.2, 0.25) is 0 Å². The van der Waals surface area contributed by atoms with Gasteiger partial charge in [0.1, 0.15) is 28.3 Å². The van der Waals surface area contributed by atoms with Crippen molar-refractivity contribution in [2.24, 2.45) is 51.2 Å². The molecule has 0 aromatic rings. The molecule has 280 valence electrons. The largest absolute Gasteiger partial charge is 0.469 e. The Kier molecular flexibility index (Phi) is 6.19. The molecule has 14 heteroatoms. The standard InChI is InChI=1S/C37H48O14/c1-16(2)22(39)46-26-29(5)10-11-34-31(7)18(14-19(38)44-9)30(6)15-35(31)36(43,25(30)42)27-37(34,51-32(8,49-34)50-35)21(29)20(24(41)47-27)33(26)12-13-45-28(33)48-23(40)17(3)4/h12-13,16-18,20-21,25-28,42-43H,10-11,14-15H2,1-9H3/t18-,20+,21+,25-,26+,27+,28-,29+,30-,31-,32?,33+,34-,35+,36-,37+/m0/s1. The van der Waals surface area contributed by atoms with Crippen molar-refractivity contribution in [2.75, 3.05) is 7.11 Å². The van der Waals surface area contributed by atoms with Crippen LogP contribution in [0.1, 0.15) is 81.1 Å². The molecule has 4 bridgehead atoms. The Morgan fingerprint density at radius 2 is 1.59 bits per heavy atom. The summed E-state index contributed by atoms with van der Waals surface area (Å²) in [5.74, 6) is -7.97. The molecule has 9 rings (SSSR count). The van der Waals surface area contributed by atoms with Crippen molar-refractivity contribution in [1.29, 1.82) is 0 Å². The van der Waals surface area contributed by atoms with Gasteiger partial charge in [-0.1, -0.05) is 48.5 Å². The second-order valence-corrected chi connectivity index (χ2v) is 18.2. The van der Waals surface area contributed by atoms with Crippen LogP contribution >= 0.6 is 0 Å². The third kappa shape index (κ3) is 3.07. The van der Waals surface area contributed by atoms with Gasteiger partial charge in [-0.15, -0.1) is 0 Å². The Labute approximate surface area is 295 Å². The Hall–Kier alpha value is -2.78. The zero-order chi connectivity index (χ0) is 36.9. The Balaban J connectivity index is 1.33. The Morgan fingerprint density at radius 1 is 0.941 bits per heavy atom. The van der Waals surface area contributed by atoms with Gasteiger partial charge in [-0.05, 0) is 31.3 Å². The van der Waals surface area contributed by atoms with E-state index in [0.717, 1.165) is 0 Å². The number of fused-ring (bicyclic) bond motifs is 4. The average molecular weight is 717 g/mol. The number of ether oxygens (including phenoxy) is 8. The van der Waals surface area contributed by atoms with Crippen LogP contribution in [0.15, 0.2) is 12.3 Å². The van der Waals surface area contributed by atoms with Crippen LogP contribution in [0.5, 0.6) is 0 Å². The van der Waals surface area contributed by atoms with Crippen LogP contribution in [-0.4, -0.2) is 94.2 Å². The molecule has 2 N–H and O–H groups in total. The van der Waals surface area contributed by atoms with Crippen LogP contribution in [0.2, 0.25) is 0 Å². The van der Waals surface area contributed by atoms with Gasteiger partial charge < -0.3 is 48.1 Å². The monoisotopic (exact) mass is 716 g/mol. The first-order valence-electron chi connectivity index (χ1n) is 18.2. The van der Waals surface area contributed by atoms with Gasteiger partial charge in [0.15, 0.2) is 11.7 Å². The van der Waals surface area contributed by atoms with Crippen molar-refractivity contribution in [2.45, 2.75) is 134 Å². The lowest BCUT2D eigenvalue weighted by Gasteiger charge is -2.77. The second-order valence-electron chi connectivity index (χ2n) is 18.2. The minimum atomic E-state index is -2.21. The summed E-state index contributed by atoms with van der Waals surface area (Å²) in [5, 5.41) is 25.8. The molecule has 1 unspecified atom stereocenters. The number of esters is 4. The van der Waals surface area contributed by atoms with E-state index in [0.29, 0.717) is 6.42 Å². The van der Waals surface area contributed by atoms with E-state index in [9.17, 15) is 29.4 Å². The summed E-state index contributed by atoms with van der Waals surface area (Å²) in [4.78, 5) is 55.0. The van der Waals surface area contributed by atoms with Crippen LogP contribution in [0.25, 0.3) is 0 Å². The lowest BCUT2D eigenvalue weighted by molar-refractivity contribution is -0.479. The van der Waals surface area contributed by atoms with Crippen molar-refractivity contribution >= 4 is 23.9 Å². The van der Waals surface area contributed by atoms with E-state index in [-0.39, 0.29) is 19.3 Å². The van der Waals surface area contributed by atoms with Crippen LogP contribution in [0, 0.1) is 51.2 Å². The van der Waals surface area contributed by atoms with Gasteiger partial charge in [0, 0.05) is 35.5 Å². The van der Waals surface area contributed by atoms with Gasteiger partial charge in [0.05, 0.1) is 37.2 Å². The topological polar surface area (TPSA) is 183 Å². The maximum absolute atomic E-state index is 15.0. The molecule has 16 atom stereocenters. The zero-order valence-corrected chi connectivity index (χ0v) is 30.5. The first kappa shape index (κ1) is 34.0. The number of carbonyl (C=O) groups is 4. The fraction of sp³-hybridized carbons (Fsp3) is 0.838. The lowest BCUT2D eigenvalue weighted by atomic mass is 9.33. The van der Waals surface area contributed by atoms with E-state index in [2.05, 4.69) is 0 Å². The van der Waals surface area contributed by atoms with Crippen molar-refractivity contribution in [1.82, 2.24) is 0 Å². The first-order chi connectivity index (χ1) is 23.7. The van der Waals surface area contributed by atoms with Crippen molar-refractivity contribution in [3.63, 3.8) is 0 Å².